The number of benzene rings is 1. The van der Waals surface area contributed by atoms with E-state index in [1.807, 2.05) is 44.4 Å². The van der Waals surface area contributed by atoms with Crippen molar-refractivity contribution in [3.05, 3.63) is 42.2 Å². The first-order valence-electron chi connectivity index (χ1n) is 6.83. The first-order chi connectivity index (χ1) is 10.1. The van der Waals surface area contributed by atoms with Gasteiger partial charge in [-0.1, -0.05) is 0 Å². The summed E-state index contributed by atoms with van der Waals surface area (Å²) in [6.45, 7) is 2.55. The molecule has 1 aromatic carbocycles. The molecule has 2 aromatic rings. The summed E-state index contributed by atoms with van der Waals surface area (Å²) in [5.74, 6) is 0.655. The van der Waals surface area contributed by atoms with Crippen LogP contribution in [0.3, 0.4) is 0 Å². The Morgan fingerprint density at radius 1 is 1.38 bits per heavy atom. The molecule has 0 fully saturated rings. The second kappa shape index (κ2) is 6.90. The van der Waals surface area contributed by atoms with Crippen LogP contribution < -0.4 is 15.4 Å². The zero-order chi connectivity index (χ0) is 15.2. The molecule has 0 aliphatic carbocycles. The van der Waals surface area contributed by atoms with Crippen molar-refractivity contribution < 1.29 is 9.53 Å². The van der Waals surface area contributed by atoms with E-state index in [2.05, 4.69) is 15.7 Å². The van der Waals surface area contributed by atoms with Gasteiger partial charge in [-0.15, -0.1) is 0 Å². The quantitative estimate of drug-likeness (QED) is 0.849. The first kappa shape index (κ1) is 15.1. The summed E-state index contributed by atoms with van der Waals surface area (Å²) in [4.78, 5) is 12.3. The average Bonchev–Trinajstić information content (AvgIpc) is 2.88. The molecule has 2 rings (SSSR count). The topological polar surface area (TPSA) is 68.2 Å². The van der Waals surface area contributed by atoms with Crippen LogP contribution in [0.15, 0.2) is 36.7 Å². The lowest BCUT2D eigenvalue weighted by atomic mass is 10.1. The number of hydrogen-bond donors (Lipinski definition) is 2. The predicted octanol–water partition coefficient (Wildman–Crippen LogP) is 1.72. The lowest BCUT2D eigenvalue weighted by molar-refractivity contribution is -0.118. The van der Waals surface area contributed by atoms with Gasteiger partial charge >= 0.3 is 0 Å². The van der Waals surface area contributed by atoms with E-state index in [4.69, 9.17) is 4.74 Å². The summed E-state index contributed by atoms with van der Waals surface area (Å²) in [5, 5.41) is 9.96. The molecule has 1 atom stereocenters. The molecule has 0 spiro atoms. The van der Waals surface area contributed by atoms with Crippen LogP contribution >= 0.6 is 0 Å². The van der Waals surface area contributed by atoms with Gasteiger partial charge in [0, 0.05) is 24.5 Å². The zero-order valence-corrected chi connectivity index (χ0v) is 12.5. The van der Waals surface area contributed by atoms with Crippen LogP contribution in [0.1, 0.15) is 18.5 Å². The van der Waals surface area contributed by atoms with Gasteiger partial charge in [0.1, 0.15) is 11.8 Å². The van der Waals surface area contributed by atoms with Gasteiger partial charge < -0.3 is 15.4 Å². The number of aromatic nitrogens is 2. The van der Waals surface area contributed by atoms with E-state index in [0.717, 1.165) is 17.0 Å². The summed E-state index contributed by atoms with van der Waals surface area (Å²) in [5.41, 5.74) is 1.55. The minimum absolute atomic E-state index is 0.130. The van der Waals surface area contributed by atoms with Crippen LogP contribution in [-0.4, -0.2) is 29.3 Å². The molecule has 1 heterocycles. The maximum absolute atomic E-state index is 12.3. The monoisotopic (exact) mass is 288 g/mol. The predicted molar refractivity (Wildman–Crippen MR) is 81.2 cm³/mol. The van der Waals surface area contributed by atoms with Crippen molar-refractivity contribution >= 4 is 11.6 Å². The summed E-state index contributed by atoms with van der Waals surface area (Å²) in [6, 6.07) is 6.86. The largest absolute Gasteiger partial charge is 0.494 e. The minimum Gasteiger partial charge on any atom is -0.494 e. The molecule has 0 aliphatic rings. The number of anilines is 1. The third kappa shape index (κ3) is 3.82. The summed E-state index contributed by atoms with van der Waals surface area (Å²) in [7, 11) is 3.57. The van der Waals surface area contributed by atoms with Gasteiger partial charge in [-0.05, 0) is 38.2 Å². The highest BCUT2D eigenvalue weighted by Crippen LogP contribution is 2.18. The normalized spacial score (nSPS) is 12.0. The molecule has 1 unspecified atom stereocenters. The van der Waals surface area contributed by atoms with Gasteiger partial charge in [0.25, 0.3) is 0 Å². The third-order valence-electron chi connectivity index (χ3n) is 3.04. The van der Waals surface area contributed by atoms with Crippen LogP contribution in [-0.2, 0) is 11.8 Å². The Labute approximate surface area is 124 Å². The standard InChI is InChI=1S/C15H20N4O2/c1-4-21-13-7-5-12(6-8-13)18-15(20)14(16-2)11-9-17-19(3)10-11/h5-10,14,16H,4H2,1-3H3,(H,18,20). The number of carbonyl (C=O) groups excluding carboxylic acids is 1. The van der Waals surface area contributed by atoms with Crippen LogP contribution in [0.5, 0.6) is 5.75 Å². The van der Waals surface area contributed by atoms with Crippen molar-refractivity contribution in [1.82, 2.24) is 15.1 Å². The highest BCUT2D eigenvalue weighted by molar-refractivity contribution is 5.95. The van der Waals surface area contributed by atoms with Gasteiger partial charge in [-0.2, -0.15) is 5.10 Å². The molecule has 0 saturated heterocycles. The highest BCUT2D eigenvalue weighted by Gasteiger charge is 2.20. The summed E-state index contributed by atoms with van der Waals surface area (Å²) < 4.78 is 7.04. The number of ether oxygens (including phenoxy) is 1. The van der Waals surface area contributed by atoms with Gasteiger partial charge in [0.05, 0.1) is 12.8 Å². The van der Waals surface area contributed by atoms with Crippen molar-refractivity contribution in [3.63, 3.8) is 0 Å². The van der Waals surface area contributed by atoms with Crippen LogP contribution in [0.4, 0.5) is 5.69 Å². The molecule has 0 saturated carbocycles. The van der Waals surface area contributed by atoms with Crippen LogP contribution in [0.2, 0.25) is 0 Å². The Bertz CT molecular complexity index is 592. The number of hydrogen-bond acceptors (Lipinski definition) is 4. The molecule has 21 heavy (non-hydrogen) atoms. The van der Waals surface area contributed by atoms with E-state index in [0.29, 0.717) is 6.61 Å². The number of nitrogens with one attached hydrogen (secondary N) is 2. The molecule has 1 aromatic heterocycles. The lowest BCUT2D eigenvalue weighted by Gasteiger charge is -2.14. The molecule has 0 radical (unpaired) electrons. The van der Waals surface area contributed by atoms with Crippen LogP contribution in [0.25, 0.3) is 0 Å². The first-order valence-corrected chi connectivity index (χ1v) is 6.83. The fourth-order valence-electron chi connectivity index (χ4n) is 2.05. The number of nitrogens with zero attached hydrogens (tertiary/aromatic N) is 2. The van der Waals surface area contributed by atoms with Gasteiger partial charge in [0.2, 0.25) is 5.91 Å². The van der Waals surface area contributed by atoms with Crippen LogP contribution in [0, 0.1) is 0 Å². The second-order valence-corrected chi connectivity index (χ2v) is 4.62. The average molecular weight is 288 g/mol. The van der Waals surface area contributed by atoms with E-state index in [1.54, 1.807) is 17.9 Å². The number of rotatable bonds is 6. The Kier molecular flexibility index (Phi) is 4.94. The van der Waals surface area contributed by atoms with Crippen molar-refractivity contribution in [2.24, 2.45) is 7.05 Å². The number of aryl methyl sites for hydroxylation is 1. The molecule has 1 amide bonds. The smallest absolute Gasteiger partial charge is 0.246 e. The molecule has 0 aliphatic heterocycles. The van der Waals surface area contributed by atoms with E-state index >= 15 is 0 Å². The van der Waals surface area contributed by atoms with Crippen molar-refractivity contribution in [2.75, 3.05) is 19.0 Å². The molecular weight excluding hydrogens is 268 g/mol. The molecule has 6 heteroatoms. The summed E-state index contributed by atoms with van der Waals surface area (Å²) >= 11 is 0. The molecule has 0 bridgehead atoms. The Morgan fingerprint density at radius 3 is 2.62 bits per heavy atom. The Morgan fingerprint density at radius 2 is 2.10 bits per heavy atom. The molecule has 112 valence electrons. The number of carbonyl (C=O) groups is 1. The van der Waals surface area contributed by atoms with Gasteiger partial charge in [-0.25, -0.2) is 0 Å². The lowest BCUT2D eigenvalue weighted by Crippen LogP contribution is -2.30. The number of amides is 1. The second-order valence-electron chi connectivity index (χ2n) is 4.62. The summed E-state index contributed by atoms with van der Waals surface area (Å²) in [6.07, 6.45) is 3.50. The van der Waals surface area contributed by atoms with E-state index in [9.17, 15) is 4.79 Å². The maximum atomic E-state index is 12.3. The fourth-order valence-corrected chi connectivity index (χ4v) is 2.05. The third-order valence-corrected chi connectivity index (χ3v) is 3.04. The fraction of sp³-hybridized carbons (Fsp3) is 0.333. The molecule has 2 N–H and O–H groups in total. The Balaban J connectivity index is 2.05. The van der Waals surface area contributed by atoms with Gasteiger partial charge in [0.15, 0.2) is 0 Å². The minimum atomic E-state index is -0.440. The highest BCUT2D eigenvalue weighted by atomic mass is 16.5. The molecule has 6 nitrogen and oxygen atoms in total. The van der Waals surface area contributed by atoms with Crippen molar-refractivity contribution in [1.29, 1.82) is 0 Å². The van der Waals surface area contributed by atoms with E-state index in [-0.39, 0.29) is 5.91 Å². The van der Waals surface area contributed by atoms with Gasteiger partial charge in [-0.3, -0.25) is 9.48 Å². The SMILES string of the molecule is CCOc1ccc(NC(=O)C(NC)c2cnn(C)c2)cc1. The maximum Gasteiger partial charge on any atom is 0.246 e. The Hall–Kier alpha value is -2.34. The van der Waals surface area contributed by atoms with Crippen molar-refractivity contribution in [3.8, 4) is 5.75 Å². The number of likely N-dealkylation sites (N-methyl/N-ethyl adjacent to an activating group) is 1. The van der Waals surface area contributed by atoms with Crippen molar-refractivity contribution in [2.45, 2.75) is 13.0 Å². The molecular formula is C15H20N4O2. The zero-order valence-electron chi connectivity index (χ0n) is 12.5. The van der Waals surface area contributed by atoms with E-state index < -0.39 is 6.04 Å². The van der Waals surface area contributed by atoms with E-state index in [1.165, 1.54) is 0 Å².